The van der Waals surface area contributed by atoms with E-state index < -0.39 is 0 Å². The Kier molecular flexibility index (Phi) is 5.13. The van der Waals surface area contributed by atoms with Gasteiger partial charge in [0.25, 0.3) is 0 Å². The zero-order chi connectivity index (χ0) is 16.2. The van der Waals surface area contributed by atoms with Crippen LogP contribution in [0, 0.1) is 0 Å². The van der Waals surface area contributed by atoms with Gasteiger partial charge < -0.3 is 10.2 Å². The maximum atomic E-state index is 6.13. The molecule has 1 aromatic heterocycles. The van der Waals surface area contributed by atoms with Crippen LogP contribution in [0.1, 0.15) is 31.9 Å². The molecule has 3 rings (SSSR count). The van der Waals surface area contributed by atoms with Crippen LogP contribution in [0.15, 0.2) is 30.3 Å². The van der Waals surface area contributed by atoms with E-state index in [9.17, 15) is 0 Å². The lowest BCUT2D eigenvalue weighted by Crippen LogP contribution is -2.29. The van der Waals surface area contributed by atoms with Crippen LogP contribution in [-0.4, -0.2) is 36.1 Å². The number of nitrogens with one attached hydrogen (secondary N) is 1. The highest BCUT2D eigenvalue weighted by molar-refractivity contribution is 6.30. The van der Waals surface area contributed by atoms with E-state index in [-0.39, 0.29) is 0 Å². The molecule has 2 heterocycles. The molecule has 1 fully saturated rings. The summed E-state index contributed by atoms with van der Waals surface area (Å²) in [7, 11) is 0. The van der Waals surface area contributed by atoms with Crippen molar-refractivity contribution >= 4 is 17.4 Å². The van der Waals surface area contributed by atoms with Crippen molar-refractivity contribution in [3.05, 3.63) is 41.0 Å². The summed E-state index contributed by atoms with van der Waals surface area (Å²) in [4.78, 5) is 11.9. The second-order valence-corrected chi connectivity index (χ2v) is 6.67. The van der Waals surface area contributed by atoms with Crippen LogP contribution in [0.4, 0.5) is 5.82 Å². The topological polar surface area (TPSA) is 41.0 Å². The minimum atomic E-state index is 0.361. The van der Waals surface area contributed by atoms with Gasteiger partial charge in [-0.2, -0.15) is 0 Å². The van der Waals surface area contributed by atoms with Gasteiger partial charge in [-0.15, -0.1) is 0 Å². The summed E-state index contributed by atoms with van der Waals surface area (Å²) in [5.74, 6) is 2.13. The summed E-state index contributed by atoms with van der Waals surface area (Å²) in [5, 5.41) is 4.15. The van der Waals surface area contributed by atoms with Crippen LogP contribution in [0.2, 0.25) is 5.02 Å². The van der Waals surface area contributed by atoms with Gasteiger partial charge in [0.05, 0.1) is 0 Å². The van der Waals surface area contributed by atoms with Gasteiger partial charge in [-0.3, -0.25) is 0 Å². The predicted molar refractivity (Wildman–Crippen MR) is 96.3 cm³/mol. The summed E-state index contributed by atoms with van der Waals surface area (Å²) < 4.78 is 0. The minimum Gasteiger partial charge on any atom is -0.355 e. The third kappa shape index (κ3) is 4.01. The molecule has 5 heteroatoms. The molecule has 1 saturated heterocycles. The molecule has 0 saturated carbocycles. The predicted octanol–water partition coefficient (Wildman–Crippen LogP) is 3.72. The first-order valence-corrected chi connectivity index (χ1v) is 8.62. The molecule has 0 spiro atoms. The second kappa shape index (κ2) is 7.28. The number of benzene rings is 1. The van der Waals surface area contributed by atoms with Gasteiger partial charge in [-0.05, 0) is 31.0 Å². The maximum absolute atomic E-state index is 6.13. The van der Waals surface area contributed by atoms with Crippen LogP contribution < -0.4 is 10.2 Å². The highest BCUT2D eigenvalue weighted by atomic mass is 35.5. The smallest absolute Gasteiger partial charge is 0.161 e. The Balaban J connectivity index is 2.02. The number of aromatic nitrogens is 2. The number of anilines is 1. The summed E-state index contributed by atoms with van der Waals surface area (Å²) in [6.45, 7) is 8.39. The quantitative estimate of drug-likeness (QED) is 0.931. The summed E-state index contributed by atoms with van der Waals surface area (Å²) in [6.07, 6.45) is 1.13. The number of halogens is 1. The van der Waals surface area contributed by atoms with E-state index in [2.05, 4.69) is 30.1 Å². The van der Waals surface area contributed by atoms with Crippen LogP contribution in [0.5, 0.6) is 0 Å². The van der Waals surface area contributed by atoms with Gasteiger partial charge in [-0.1, -0.05) is 37.6 Å². The molecule has 0 aliphatic carbocycles. The number of hydrogen-bond donors (Lipinski definition) is 1. The lowest BCUT2D eigenvalue weighted by atomic mass is 10.1. The van der Waals surface area contributed by atoms with Crippen molar-refractivity contribution in [1.82, 2.24) is 15.3 Å². The number of rotatable bonds is 3. The fourth-order valence-electron chi connectivity index (χ4n) is 2.74. The molecule has 1 aliphatic rings. The zero-order valence-electron chi connectivity index (χ0n) is 13.7. The molecule has 0 bridgehead atoms. The average Bonchev–Trinajstić information content (AvgIpc) is 2.83. The van der Waals surface area contributed by atoms with Gasteiger partial charge in [0.1, 0.15) is 5.82 Å². The summed E-state index contributed by atoms with van der Waals surface area (Å²) in [6, 6.07) is 9.88. The van der Waals surface area contributed by atoms with E-state index in [0.717, 1.165) is 55.5 Å². The highest BCUT2D eigenvalue weighted by Crippen LogP contribution is 2.25. The Bertz CT molecular complexity index is 664. The van der Waals surface area contributed by atoms with E-state index in [4.69, 9.17) is 21.6 Å². The molecule has 4 nitrogen and oxygen atoms in total. The summed E-state index contributed by atoms with van der Waals surface area (Å²) in [5.41, 5.74) is 2.04. The Morgan fingerprint density at radius 3 is 2.78 bits per heavy atom. The second-order valence-electron chi connectivity index (χ2n) is 6.23. The fraction of sp³-hybridized carbons (Fsp3) is 0.444. The first-order chi connectivity index (χ1) is 11.1. The fourth-order valence-corrected chi connectivity index (χ4v) is 2.93. The minimum absolute atomic E-state index is 0.361. The average molecular weight is 331 g/mol. The molecule has 0 amide bonds. The molecule has 122 valence electrons. The first-order valence-electron chi connectivity index (χ1n) is 8.24. The van der Waals surface area contributed by atoms with Crippen LogP contribution in [0.3, 0.4) is 0 Å². The Morgan fingerprint density at radius 2 is 2.00 bits per heavy atom. The van der Waals surface area contributed by atoms with Crippen LogP contribution in [0.25, 0.3) is 11.4 Å². The Hall–Kier alpha value is -1.65. The van der Waals surface area contributed by atoms with Crippen molar-refractivity contribution in [1.29, 1.82) is 0 Å². The molecule has 0 unspecified atom stereocenters. The van der Waals surface area contributed by atoms with Crippen molar-refractivity contribution in [2.24, 2.45) is 0 Å². The number of nitrogens with zero attached hydrogens (tertiary/aromatic N) is 3. The molecule has 1 aliphatic heterocycles. The Labute approximate surface area is 142 Å². The molecule has 23 heavy (non-hydrogen) atoms. The summed E-state index contributed by atoms with van der Waals surface area (Å²) >= 11 is 6.13. The van der Waals surface area contributed by atoms with Crippen molar-refractivity contribution in [2.45, 2.75) is 26.2 Å². The lowest BCUT2D eigenvalue weighted by Gasteiger charge is -2.22. The highest BCUT2D eigenvalue weighted by Gasteiger charge is 2.15. The van der Waals surface area contributed by atoms with Gasteiger partial charge in [0.2, 0.25) is 0 Å². The largest absolute Gasteiger partial charge is 0.355 e. The first kappa shape index (κ1) is 16.2. The molecule has 1 N–H and O–H groups in total. The zero-order valence-corrected chi connectivity index (χ0v) is 14.5. The van der Waals surface area contributed by atoms with Crippen molar-refractivity contribution in [3.63, 3.8) is 0 Å². The molecule has 0 atom stereocenters. The van der Waals surface area contributed by atoms with Gasteiger partial charge >= 0.3 is 0 Å². The van der Waals surface area contributed by atoms with E-state index in [1.165, 1.54) is 0 Å². The molecule has 0 radical (unpaired) electrons. The van der Waals surface area contributed by atoms with Crippen LogP contribution in [-0.2, 0) is 0 Å². The van der Waals surface area contributed by atoms with E-state index in [1.54, 1.807) is 0 Å². The van der Waals surface area contributed by atoms with E-state index in [1.807, 2.05) is 24.3 Å². The van der Waals surface area contributed by atoms with Gasteiger partial charge in [0.15, 0.2) is 5.82 Å². The third-order valence-electron chi connectivity index (χ3n) is 4.07. The maximum Gasteiger partial charge on any atom is 0.161 e. The number of hydrogen-bond acceptors (Lipinski definition) is 4. The SMILES string of the molecule is CC(C)c1cc(N2CCCNCC2)nc(-c2cccc(Cl)c2)n1. The van der Waals surface area contributed by atoms with E-state index >= 15 is 0 Å². The van der Waals surface area contributed by atoms with Crippen molar-refractivity contribution < 1.29 is 0 Å². The van der Waals surface area contributed by atoms with Gasteiger partial charge in [0, 0.05) is 42.0 Å². The normalized spacial score (nSPS) is 15.7. The molecular formula is C18H23ClN4. The lowest BCUT2D eigenvalue weighted by molar-refractivity contribution is 0.724. The van der Waals surface area contributed by atoms with Crippen molar-refractivity contribution in [2.75, 3.05) is 31.1 Å². The van der Waals surface area contributed by atoms with Crippen molar-refractivity contribution in [3.8, 4) is 11.4 Å². The molecule has 1 aromatic carbocycles. The van der Waals surface area contributed by atoms with Crippen LogP contribution >= 0.6 is 11.6 Å². The Morgan fingerprint density at radius 1 is 1.13 bits per heavy atom. The monoisotopic (exact) mass is 330 g/mol. The third-order valence-corrected chi connectivity index (χ3v) is 4.31. The van der Waals surface area contributed by atoms with E-state index in [0.29, 0.717) is 10.9 Å². The van der Waals surface area contributed by atoms with Gasteiger partial charge in [-0.25, -0.2) is 9.97 Å². The standard InChI is InChI=1S/C18H23ClN4/c1-13(2)16-12-17(23-9-4-7-20-8-10-23)22-18(21-16)14-5-3-6-15(19)11-14/h3,5-6,11-13,20H,4,7-10H2,1-2H3. The molecule has 2 aromatic rings. The molecular weight excluding hydrogens is 308 g/mol.